The first-order chi connectivity index (χ1) is 15.3. The molecule has 0 saturated heterocycles. The lowest BCUT2D eigenvalue weighted by Gasteiger charge is -2.27. The number of aryl methyl sites for hydroxylation is 1. The number of alkyl halides is 1. The van der Waals surface area contributed by atoms with Gasteiger partial charge in [0.2, 0.25) is 0 Å². The van der Waals surface area contributed by atoms with Crippen LogP contribution < -0.4 is 17.2 Å². The molecule has 1 aliphatic carbocycles. The first-order valence-electron chi connectivity index (χ1n) is 10.8. The van der Waals surface area contributed by atoms with Crippen molar-refractivity contribution in [3.8, 4) is 11.3 Å². The summed E-state index contributed by atoms with van der Waals surface area (Å²) < 4.78 is 19.9. The van der Waals surface area contributed by atoms with Crippen molar-refractivity contribution in [3.63, 3.8) is 0 Å². The Labute approximate surface area is 189 Å². The van der Waals surface area contributed by atoms with Gasteiger partial charge >= 0.3 is 0 Å². The molecule has 170 valence electrons. The number of hydrogen-bond acceptors (Lipinski definition) is 6. The fourth-order valence-corrected chi connectivity index (χ4v) is 3.93. The highest BCUT2D eigenvalue weighted by Crippen LogP contribution is 2.33. The minimum atomic E-state index is -1.22. The van der Waals surface area contributed by atoms with E-state index in [0.717, 1.165) is 47.3 Å². The molecule has 1 fully saturated rings. The van der Waals surface area contributed by atoms with E-state index in [0.29, 0.717) is 24.1 Å². The molecule has 1 aromatic carbocycles. The van der Waals surface area contributed by atoms with Crippen LogP contribution in [0.3, 0.4) is 0 Å². The number of pyridine rings is 1. The number of aliphatic imine (C=N–C) groups is 1. The fraction of sp³-hybridized carbons (Fsp3) is 0.360. The molecule has 6 N–H and O–H groups in total. The topological polar surface area (TPSA) is 113 Å². The summed E-state index contributed by atoms with van der Waals surface area (Å²) in [6.07, 6.45) is 8.85. The normalized spacial score (nSPS) is 17.0. The summed E-state index contributed by atoms with van der Waals surface area (Å²) in [6, 6.07) is 9.47. The summed E-state index contributed by atoms with van der Waals surface area (Å²) in [4.78, 5) is 9.13. The highest BCUT2D eigenvalue weighted by atomic mass is 19.1. The number of halogens is 1. The van der Waals surface area contributed by atoms with Gasteiger partial charge < -0.3 is 21.9 Å². The van der Waals surface area contributed by atoms with Gasteiger partial charge in [0, 0.05) is 52.1 Å². The van der Waals surface area contributed by atoms with Crippen LogP contribution >= 0.6 is 0 Å². The van der Waals surface area contributed by atoms with Crippen LogP contribution in [0, 0.1) is 6.92 Å². The smallest absolute Gasteiger partial charge is 0.184 e. The van der Waals surface area contributed by atoms with Gasteiger partial charge in [0.25, 0.3) is 0 Å². The first-order valence-corrected chi connectivity index (χ1v) is 10.8. The van der Waals surface area contributed by atoms with E-state index in [1.807, 2.05) is 37.3 Å². The van der Waals surface area contributed by atoms with Gasteiger partial charge in [-0.2, -0.15) is 0 Å². The van der Waals surface area contributed by atoms with Crippen LogP contribution in [0.25, 0.3) is 22.9 Å². The number of nitrogens with zero attached hydrogens (tertiary/aromatic N) is 2. The van der Waals surface area contributed by atoms with Crippen LogP contribution in [0.15, 0.2) is 47.4 Å². The van der Waals surface area contributed by atoms with Crippen molar-refractivity contribution in [2.45, 2.75) is 44.7 Å². The Morgan fingerprint density at radius 1 is 1.22 bits per heavy atom. The number of benzene rings is 1. The fourth-order valence-electron chi connectivity index (χ4n) is 3.93. The maximum absolute atomic E-state index is 14.9. The molecular formula is C25H32FN5O. The Hall–Kier alpha value is -3.35. The van der Waals surface area contributed by atoms with E-state index < -0.39 is 5.67 Å². The third-order valence-electron chi connectivity index (χ3n) is 5.77. The van der Waals surface area contributed by atoms with Gasteiger partial charge in [0.15, 0.2) is 5.88 Å². The molecule has 7 heteroatoms. The zero-order valence-electron chi connectivity index (χ0n) is 18.8. The average Bonchev–Trinajstić information content (AvgIpc) is 2.78. The summed E-state index contributed by atoms with van der Waals surface area (Å²) in [7, 11) is 1.50. The lowest BCUT2D eigenvalue weighted by Crippen LogP contribution is -2.29. The molecule has 6 nitrogen and oxygen atoms in total. The summed E-state index contributed by atoms with van der Waals surface area (Å²) in [5.74, 6) is 0.270. The Morgan fingerprint density at radius 2 is 1.97 bits per heavy atom. The Balaban J connectivity index is 1.91. The van der Waals surface area contributed by atoms with Gasteiger partial charge in [0.1, 0.15) is 5.67 Å². The van der Waals surface area contributed by atoms with Crippen molar-refractivity contribution < 1.29 is 9.13 Å². The number of rotatable bonds is 7. The number of aromatic nitrogens is 1. The molecule has 0 radical (unpaired) electrons. The van der Waals surface area contributed by atoms with Crippen LogP contribution in [0.1, 0.15) is 48.9 Å². The van der Waals surface area contributed by atoms with Gasteiger partial charge in [-0.1, -0.05) is 37.5 Å². The molecule has 2 aromatic rings. The largest absolute Gasteiger partial charge is 0.483 e. The molecule has 3 rings (SSSR count). The Morgan fingerprint density at radius 3 is 2.62 bits per heavy atom. The second-order valence-electron chi connectivity index (χ2n) is 8.25. The highest BCUT2D eigenvalue weighted by Gasteiger charge is 2.31. The number of ether oxygens (including phenoxy) is 1. The number of nitrogens with two attached hydrogens (primary N) is 3. The van der Waals surface area contributed by atoms with Crippen molar-refractivity contribution >= 4 is 23.6 Å². The van der Waals surface area contributed by atoms with E-state index in [1.54, 1.807) is 12.3 Å². The zero-order valence-corrected chi connectivity index (χ0v) is 18.8. The number of allylic oxidation sites excluding steroid dienone is 1. The number of hydrogen-bond donors (Lipinski definition) is 3. The van der Waals surface area contributed by atoms with Crippen LogP contribution in [0.4, 0.5) is 10.1 Å². The van der Waals surface area contributed by atoms with Crippen molar-refractivity contribution in [2.75, 3.05) is 19.4 Å². The van der Waals surface area contributed by atoms with E-state index in [9.17, 15) is 4.39 Å². The van der Waals surface area contributed by atoms with E-state index in [4.69, 9.17) is 26.9 Å². The molecule has 1 saturated carbocycles. The lowest BCUT2D eigenvalue weighted by molar-refractivity contribution is 0.117. The number of nitrogen functional groups attached to an aromatic ring is 1. The van der Waals surface area contributed by atoms with Crippen molar-refractivity contribution in [2.24, 2.45) is 16.5 Å². The number of methoxy groups -OCH3 is 1. The second-order valence-corrected chi connectivity index (χ2v) is 8.25. The van der Waals surface area contributed by atoms with Gasteiger partial charge in [-0.05, 0) is 31.9 Å². The van der Waals surface area contributed by atoms with Crippen LogP contribution in [-0.2, 0) is 4.74 Å². The molecule has 1 aliphatic rings. The zero-order chi connectivity index (χ0) is 23.1. The minimum Gasteiger partial charge on any atom is -0.483 e. The van der Waals surface area contributed by atoms with Crippen molar-refractivity contribution in [1.29, 1.82) is 0 Å². The molecule has 32 heavy (non-hydrogen) atoms. The van der Waals surface area contributed by atoms with Gasteiger partial charge in [-0.25, -0.2) is 4.39 Å². The molecule has 1 aromatic heterocycles. The minimum absolute atomic E-state index is 0.147. The molecule has 0 aliphatic heterocycles. The first kappa shape index (κ1) is 23.3. The molecule has 0 amide bonds. The molecule has 0 atom stereocenters. The molecule has 1 heterocycles. The summed E-state index contributed by atoms with van der Waals surface area (Å²) >= 11 is 0. The molecular weight excluding hydrogens is 405 g/mol. The van der Waals surface area contributed by atoms with Gasteiger partial charge in [-0.15, -0.1) is 0 Å². The third kappa shape index (κ3) is 5.66. The van der Waals surface area contributed by atoms with E-state index in [2.05, 4.69) is 4.99 Å². The predicted molar refractivity (Wildman–Crippen MR) is 130 cm³/mol. The maximum Gasteiger partial charge on any atom is 0.184 e. The number of anilines is 1. The van der Waals surface area contributed by atoms with E-state index in [-0.39, 0.29) is 12.4 Å². The Bertz CT molecular complexity index is 1040. The highest BCUT2D eigenvalue weighted by molar-refractivity contribution is 6.11. The summed E-state index contributed by atoms with van der Waals surface area (Å²) in [6.45, 7) is 2.07. The van der Waals surface area contributed by atoms with Gasteiger partial charge in [0.05, 0.1) is 19.3 Å². The SMILES string of the molecule is CO/C(N)=C/c1ccc(-c2nc(C)ccc2/C(C=NCC2(F)CCCCC2)=C/N)cc1N. The third-order valence-corrected chi connectivity index (χ3v) is 5.77. The summed E-state index contributed by atoms with van der Waals surface area (Å²) in [5.41, 5.74) is 21.9. The molecule has 0 bridgehead atoms. The van der Waals surface area contributed by atoms with E-state index >= 15 is 0 Å². The van der Waals surface area contributed by atoms with E-state index in [1.165, 1.54) is 13.3 Å². The van der Waals surface area contributed by atoms with Crippen molar-refractivity contribution in [1.82, 2.24) is 4.98 Å². The Kier molecular flexibility index (Phi) is 7.51. The average molecular weight is 438 g/mol. The van der Waals surface area contributed by atoms with Gasteiger partial charge in [-0.3, -0.25) is 9.98 Å². The second kappa shape index (κ2) is 10.3. The van der Waals surface area contributed by atoms with Crippen molar-refractivity contribution in [3.05, 3.63) is 59.2 Å². The summed E-state index contributed by atoms with van der Waals surface area (Å²) in [5, 5.41) is 0. The monoisotopic (exact) mass is 437 g/mol. The van der Waals surface area contributed by atoms with Crippen LogP contribution in [-0.4, -0.2) is 30.5 Å². The lowest BCUT2D eigenvalue weighted by atomic mass is 9.86. The van der Waals surface area contributed by atoms with Crippen LogP contribution in [0.2, 0.25) is 0 Å². The standard InChI is InChI=1S/C25H32FN5O/c1-17-6-9-21(20(14-27)15-30-16-25(26)10-4-3-5-11-25)24(31-17)19-8-7-18(22(28)12-19)13-23(29)32-2/h6-9,12-15H,3-5,10-11,16,27-29H2,1-2H3/b20-14+,23-13+,30-15?. The predicted octanol–water partition coefficient (Wildman–Crippen LogP) is 4.59. The maximum atomic E-state index is 14.9. The molecule has 0 unspecified atom stereocenters. The quantitative estimate of drug-likeness (QED) is 0.333. The molecule has 0 spiro atoms. The van der Waals surface area contributed by atoms with Crippen LogP contribution in [0.5, 0.6) is 0 Å².